The van der Waals surface area contributed by atoms with Crippen LogP contribution in [0.4, 0.5) is 18.0 Å². The fourth-order valence-corrected chi connectivity index (χ4v) is 2.24. The topological polar surface area (TPSA) is 87.7 Å². The van der Waals surface area contributed by atoms with Crippen LogP contribution in [-0.4, -0.2) is 61.3 Å². The molecule has 1 aliphatic rings. The number of ether oxygens (including phenoxy) is 1. The molecule has 3 amide bonds. The van der Waals surface area contributed by atoms with Crippen LogP contribution in [0.25, 0.3) is 0 Å². The molecule has 23 heavy (non-hydrogen) atoms. The molecule has 0 radical (unpaired) electrons. The second-order valence-corrected chi connectivity index (χ2v) is 5.44. The fraction of sp³-hybridized carbons (Fsp3) is 0.769. The monoisotopic (exact) mass is 339 g/mol. The molecule has 1 heterocycles. The highest BCUT2D eigenvalue weighted by molar-refractivity contribution is 5.89. The molecule has 10 heteroatoms. The van der Waals surface area contributed by atoms with Gasteiger partial charge in [0.05, 0.1) is 0 Å². The van der Waals surface area contributed by atoms with Crippen molar-refractivity contribution in [3.8, 4) is 0 Å². The van der Waals surface area contributed by atoms with E-state index in [-0.39, 0.29) is 30.7 Å². The van der Waals surface area contributed by atoms with Gasteiger partial charge in [0, 0.05) is 26.1 Å². The minimum absolute atomic E-state index is 0.0797. The normalized spacial score (nSPS) is 18.6. The van der Waals surface area contributed by atoms with E-state index in [1.807, 2.05) is 13.8 Å². The van der Waals surface area contributed by atoms with Gasteiger partial charge in [-0.25, -0.2) is 4.79 Å². The number of halogens is 3. The minimum atomic E-state index is -4.60. The first kappa shape index (κ1) is 19.0. The lowest BCUT2D eigenvalue weighted by Crippen LogP contribution is -2.59. The molecule has 1 saturated heterocycles. The molecule has 1 aliphatic heterocycles. The predicted octanol–water partition coefficient (Wildman–Crippen LogP) is 0.648. The van der Waals surface area contributed by atoms with Crippen molar-refractivity contribution in [2.45, 2.75) is 32.5 Å². The average molecular weight is 339 g/mol. The van der Waals surface area contributed by atoms with Gasteiger partial charge >= 0.3 is 12.3 Å². The van der Waals surface area contributed by atoms with Crippen molar-refractivity contribution in [2.75, 3.05) is 26.2 Å². The third-order valence-electron chi connectivity index (χ3n) is 3.18. The smallest absolute Gasteiger partial charge is 0.422 e. The van der Waals surface area contributed by atoms with Crippen molar-refractivity contribution in [3.05, 3.63) is 0 Å². The molecule has 0 spiro atoms. The van der Waals surface area contributed by atoms with Crippen molar-refractivity contribution in [1.29, 1.82) is 0 Å². The highest BCUT2D eigenvalue weighted by Crippen LogP contribution is 2.15. The summed E-state index contributed by atoms with van der Waals surface area (Å²) in [6.07, 6.45) is -5.97. The Balaban J connectivity index is 2.40. The van der Waals surface area contributed by atoms with Crippen LogP contribution in [0, 0.1) is 5.92 Å². The standard InChI is InChI=1S/C13H20F3N3O4/c1-8(2)10-11(21)17-5-6-19(10)9(20)3-4-18-12(22)23-7-13(14,15)16/h8,10H,3-7H2,1-2H3,(H,17,21)(H,18,22)/t10-/m1/s1. The first-order chi connectivity index (χ1) is 10.6. The summed E-state index contributed by atoms with van der Waals surface area (Å²) in [5.41, 5.74) is 0. The van der Waals surface area contributed by atoms with Gasteiger partial charge in [-0.15, -0.1) is 0 Å². The van der Waals surface area contributed by atoms with E-state index in [0.717, 1.165) is 0 Å². The summed E-state index contributed by atoms with van der Waals surface area (Å²) in [6.45, 7) is 2.46. The fourth-order valence-electron chi connectivity index (χ4n) is 2.24. The number of hydrogen-bond donors (Lipinski definition) is 2. The summed E-state index contributed by atoms with van der Waals surface area (Å²) in [5, 5.41) is 4.75. The molecular formula is C13H20F3N3O4. The van der Waals surface area contributed by atoms with Crippen LogP contribution >= 0.6 is 0 Å². The van der Waals surface area contributed by atoms with Gasteiger partial charge in [0.1, 0.15) is 6.04 Å². The Morgan fingerprint density at radius 3 is 2.65 bits per heavy atom. The maximum atomic E-state index is 12.1. The number of hydrogen-bond acceptors (Lipinski definition) is 4. The first-order valence-corrected chi connectivity index (χ1v) is 7.16. The summed E-state index contributed by atoms with van der Waals surface area (Å²) in [7, 11) is 0. The minimum Gasteiger partial charge on any atom is -0.440 e. The van der Waals surface area contributed by atoms with Crippen molar-refractivity contribution < 1.29 is 32.3 Å². The molecule has 0 saturated carbocycles. The number of amides is 3. The van der Waals surface area contributed by atoms with Crippen molar-refractivity contribution in [2.24, 2.45) is 5.92 Å². The average Bonchev–Trinajstić information content (AvgIpc) is 2.43. The van der Waals surface area contributed by atoms with E-state index < -0.39 is 24.9 Å². The molecule has 0 bridgehead atoms. The van der Waals surface area contributed by atoms with Crippen LogP contribution in [0.2, 0.25) is 0 Å². The van der Waals surface area contributed by atoms with Crippen molar-refractivity contribution in [1.82, 2.24) is 15.5 Å². The number of alkyl halides is 3. The number of carbonyl (C=O) groups is 3. The maximum Gasteiger partial charge on any atom is 0.422 e. The number of nitrogens with one attached hydrogen (secondary N) is 2. The van der Waals surface area contributed by atoms with Gasteiger partial charge in [0.25, 0.3) is 0 Å². The van der Waals surface area contributed by atoms with Crippen LogP contribution in [0.15, 0.2) is 0 Å². The van der Waals surface area contributed by atoms with Gasteiger partial charge in [0.2, 0.25) is 11.8 Å². The quantitative estimate of drug-likeness (QED) is 0.770. The van der Waals surface area contributed by atoms with Crippen LogP contribution in [-0.2, 0) is 14.3 Å². The molecule has 0 aromatic rings. The predicted molar refractivity (Wildman–Crippen MR) is 73.4 cm³/mol. The largest absolute Gasteiger partial charge is 0.440 e. The Bertz CT molecular complexity index is 454. The number of piperazine rings is 1. The van der Waals surface area contributed by atoms with Gasteiger partial charge in [-0.1, -0.05) is 13.8 Å². The zero-order valence-corrected chi connectivity index (χ0v) is 12.9. The van der Waals surface area contributed by atoms with Crippen molar-refractivity contribution in [3.63, 3.8) is 0 Å². The molecule has 7 nitrogen and oxygen atoms in total. The lowest BCUT2D eigenvalue weighted by Gasteiger charge is -2.37. The Morgan fingerprint density at radius 1 is 1.43 bits per heavy atom. The summed E-state index contributed by atoms with van der Waals surface area (Å²) < 4.78 is 39.5. The molecular weight excluding hydrogens is 319 g/mol. The van der Waals surface area contributed by atoms with E-state index >= 15 is 0 Å². The van der Waals surface area contributed by atoms with Crippen molar-refractivity contribution >= 4 is 17.9 Å². The zero-order chi connectivity index (χ0) is 17.6. The third kappa shape index (κ3) is 6.33. The first-order valence-electron chi connectivity index (χ1n) is 7.16. The Morgan fingerprint density at radius 2 is 2.09 bits per heavy atom. The molecule has 1 fully saturated rings. The molecule has 1 atom stereocenters. The molecule has 0 aliphatic carbocycles. The van der Waals surface area contributed by atoms with Gasteiger partial charge in [-0.05, 0) is 5.92 Å². The van der Waals surface area contributed by atoms with Crippen LogP contribution < -0.4 is 10.6 Å². The van der Waals surface area contributed by atoms with E-state index in [1.54, 1.807) is 0 Å². The summed E-state index contributed by atoms with van der Waals surface area (Å²) >= 11 is 0. The SMILES string of the molecule is CC(C)[C@@H]1C(=O)NCCN1C(=O)CCNC(=O)OCC(F)(F)F. The van der Waals surface area contributed by atoms with E-state index in [1.165, 1.54) is 4.90 Å². The molecule has 1 rings (SSSR count). The number of nitrogens with zero attached hydrogens (tertiary/aromatic N) is 1. The molecule has 0 aromatic carbocycles. The molecule has 2 N–H and O–H groups in total. The molecule has 0 aromatic heterocycles. The van der Waals surface area contributed by atoms with Gasteiger partial charge in [-0.2, -0.15) is 13.2 Å². The molecule has 0 unspecified atom stereocenters. The summed E-state index contributed by atoms with van der Waals surface area (Å²) in [5.74, 6) is -0.671. The van der Waals surface area contributed by atoms with Gasteiger partial charge in [0.15, 0.2) is 6.61 Å². The Labute approximate surface area is 131 Å². The van der Waals surface area contributed by atoms with Gasteiger partial charge < -0.3 is 20.3 Å². The van der Waals surface area contributed by atoms with Crippen LogP contribution in [0.5, 0.6) is 0 Å². The second kappa shape index (κ2) is 8.02. The summed E-state index contributed by atoms with van der Waals surface area (Å²) in [4.78, 5) is 36.4. The summed E-state index contributed by atoms with van der Waals surface area (Å²) in [6, 6.07) is -0.589. The zero-order valence-electron chi connectivity index (χ0n) is 12.9. The van der Waals surface area contributed by atoms with E-state index in [2.05, 4.69) is 15.4 Å². The highest BCUT2D eigenvalue weighted by Gasteiger charge is 2.35. The number of alkyl carbamates (subject to hydrolysis) is 1. The maximum absolute atomic E-state index is 12.1. The number of rotatable bonds is 5. The highest BCUT2D eigenvalue weighted by atomic mass is 19.4. The lowest BCUT2D eigenvalue weighted by molar-refractivity contribution is -0.160. The number of carbonyl (C=O) groups excluding carboxylic acids is 3. The van der Waals surface area contributed by atoms with E-state index in [4.69, 9.17) is 0 Å². The second-order valence-electron chi connectivity index (χ2n) is 5.44. The van der Waals surface area contributed by atoms with E-state index in [9.17, 15) is 27.6 Å². The van der Waals surface area contributed by atoms with Gasteiger partial charge in [-0.3, -0.25) is 9.59 Å². The van der Waals surface area contributed by atoms with Crippen LogP contribution in [0.1, 0.15) is 20.3 Å². The van der Waals surface area contributed by atoms with Crippen LogP contribution in [0.3, 0.4) is 0 Å². The lowest BCUT2D eigenvalue weighted by atomic mass is 9.99. The Hall–Kier alpha value is -2.00. The molecule has 132 valence electrons. The van der Waals surface area contributed by atoms with E-state index in [0.29, 0.717) is 13.1 Å². The Kier molecular flexibility index (Phi) is 6.64. The third-order valence-corrected chi connectivity index (χ3v) is 3.18.